The van der Waals surface area contributed by atoms with Crippen LogP contribution >= 0.6 is 11.3 Å². The van der Waals surface area contributed by atoms with Gasteiger partial charge in [0, 0.05) is 53.8 Å². The van der Waals surface area contributed by atoms with Crippen molar-refractivity contribution in [1.29, 1.82) is 0 Å². The number of rotatable bonds is 6. The zero-order chi connectivity index (χ0) is 29.5. The molecular formula is C31H35F2N7O2S. The molecule has 4 aromatic rings. The Bertz CT molecular complexity index is 1740. The van der Waals surface area contributed by atoms with E-state index in [1.54, 1.807) is 6.07 Å². The Balaban J connectivity index is 1.26. The second-order valence-corrected chi connectivity index (χ2v) is 13.7. The van der Waals surface area contributed by atoms with Gasteiger partial charge in [-0.25, -0.2) is 13.8 Å². The molecule has 9 nitrogen and oxygen atoms in total. The first-order valence-electron chi connectivity index (χ1n) is 15.3. The summed E-state index contributed by atoms with van der Waals surface area (Å²) in [5.41, 5.74) is 8.75. The summed E-state index contributed by atoms with van der Waals surface area (Å²) >= 11 is 1.34. The van der Waals surface area contributed by atoms with Gasteiger partial charge in [0.1, 0.15) is 24.1 Å². The molecule has 4 fully saturated rings. The Kier molecular flexibility index (Phi) is 6.39. The molecule has 2 unspecified atom stereocenters. The number of aromatic nitrogens is 3. The number of fused-ring (bicyclic) bond motifs is 5. The fourth-order valence-electron chi connectivity index (χ4n) is 7.96. The fraction of sp³-hybridized carbons (Fsp3) is 0.516. The molecule has 0 amide bonds. The van der Waals surface area contributed by atoms with Gasteiger partial charge in [0.05, 0.1) is 16.1 Å². The molecule has 0 radical (unpaired) electrons. The average Bonchev–Trinajstić information content (AvgIpc) is 3.70. The largest absolute Gasteiger partial charge is 0.493 e. The summed E-state index contributed by atoms with van der Waals surface area (Å²) < 4.78 is 36.4. The van der Waals surface area contributed by atoms with E-state index >= 15 is 0 Å². The SMILES string of the molecule is CCc1c(N)sc2cc(F)cc(-c3cc4nc(OC[C@@]56CCCN5C[C@H](F)C6)nc(N5CC6CCC(C5)N6)c4nc3O)c12. The van der Waals surface area contributed by atoms with E-state index in [2.05, 4.69) is 20.1 Å². The molecule has 7 heterocycles. The highest BCUT2D eigenvalue weighted by Crippen LogP contribution is 2.45. The van der Waals surface area contributed by atoms with E-state index in [4.69, 9.17) is 20.4 Å². The third kappa shape index (κ3) is 4.48. The minimum absolute atomic E-state index is 0.203. The van der Waals surface area contributed by atoms with Gasteiger partial charge in [-0.1, -0.05) is 6.92 Å². The van der Waals surface area contributed by atoms with Gasteiger partial charge in [0.25, 0.3) is 0 Å². The number of aryl methyl sites for hydroxylation is 1. The van der Waals surface area contributed by atoms with Crippen molar-refractivity contribution in [3.8, 4) is 23.0 Å². The standard InChI is InChI=1S/C31H35F2N7O2S/c1-2-20-25-21(8-16(32)9-24(25)43-27(20)34)22-10-23-26(37-29(22)41)28(39-13-18-4-5-19(14-39)35-18)38-30(36-23)42-15-31-6-3-7-40(31)12-17(33)11-31/h8-10,17-19,35H,2-7,11-15,34H2,1H3,(H,37,41)/t17-,18?,19?,31+/m1/s1. The molecule has 4 atom stereocenters. The summed E-state index contributed by atoms with van der Waals surface area (Å²) in [7, 11) is 0. The smallest absolute Gasteiger partial charge is 0.319 e. The highest BCUT2D eigenvalue weighted by molar-refractivity contribution is 7.23. The first-order chi connectivity index (χ1) is 20.8. The lowest BCUT2D eigenvalue weighted by atomic mass is 9.95. The van der Waals surface area contributed by atoms with Crippen LogP contribution in [0.1, 0.15) is 44.6 Å². The molecule has 226 valence electrons. The average molecular weight is 608 g/mol. The Morgan fingerprint density at radius 2 is 1.95 bits per heavy atom. The molecule has 43 heavy (non-hydrogen) atoms. The summed E-state index contributed by atoms with van der Waals surface area (Å²) in [4.78, 5) is 18.7. The van der Waals surface area contributed by atoms with Crippen LogP contribution in [0.15, 0.2) is 18.2 Å². The van der Waals surface area contributed by atoms with E-state index in [0.29, 0.717) is 71.1 Å². The molecular weight excluding hydrogens is 572 g/mol. The predicted molar refractivity (Wildman–Crippen MR) is 164 cm³/mol. The number of alkyl halides is 1. The Labute approximate surface area is 252 Å². The van der Waals surface area contributed by atoms with Crippen LogP contribution in [0.2, 0.25) is 0 Å². The molecule has 0 aliphatic carbocycles. The topological polar surface area (TPSA) is 113 Å². The van der Waals surface area contributed by atoms with Crippen LogP contribution < -0.4 is 20.7 Å². The fourth-order valence-corrected chi connectivity index (χ4v) is 9.07. The highest BCUT2D eigenvalue weighted by Gasteiger charge is 2.49. The molecule has 0 saturated carbocycles. The third-order valence-electron chi connectivity index (χ3n) is 9.89. The zero-order valence-electron chi connectivity index (χ0n) is 24.1. The third-order valence-corrected chi connectivity index (χ3v) is 10.9. The number of anilines is 2. The summed E-state index contributed by atoms with van der Waals surface area (Å²) in [6.45, 7) is 5.14. The number of nitrogens with two attached hydrogens (primary N) is 1. The number of pyridine rings is 1. The van der Waals surface area contributed by atoms with Gasteiger partial charge in [-0.3, -0.25) is 4.90 Å². The first kappa shape index (κ1) is 27.2. The molecule has 4 N–H and O–H groups in total. The minimum Gasteiger partial charge on any atom is -0.493 e. The molecule has 4 saturated heterocycles. The van der Waals surface area contributed by atoms with Crippen molar-refractivity contribution in [3.05, 3.63) is 29.6 Å². The molecule has 2 bridgehead atoms. The van der Waals surface area contributed by atoms with Gasteiger partial charge in [0.2, 0.25) is 5.88 Å². The van der Waals surface area contributed by atoms with Gasteiger partial charge in [-0.15, -0.1) is 11.3 Å². The van der Waals surface area contributed by atoms with Crippen molar-refractivity contribution in [1.82, 2.24) is 25.2 Å². The normalized spacial score (nSPS) is 27.0. The monoisotopic (exact) mass is 607 g/mol. The van der Waals surface area contributed by atoms with E-state index in [-0.39, 0.29) is 17.4 Å². The van der Waals surface area contributed by atoms with Crippen molar-refractivity contribution < 1.29 is 18.6 Å². The highest BCUT2D eigenvalue weighted by atomic mass is 32.1. The van der Waals surface area contributed by atoms with Gasteiger partial charge >= 0.3 is 6.01 Å². The van der Waals surface area contributed by atoms with Crippen molar-refractivity contribution in [2.75, 3.05) is 43.4 Å². The maximum Gasteiger partial charge on any atom is 0.319 e. The molecule has 3 aromatic heterocycles. The number of aromatic hydroxyl groups is 1. The maximum absolute atomic E-state index is 14.9. The number of thiophene rings is 1. The van der Waals surface area contributed by atoms with E-state index in [9.17, 15) is 13.9 Å². The van der Waals surface area contributed by atoms with Gasteiger partial charge in [0.15, 0.2) is 5.82 Å². The molecule has 8 rings (SSSR count). The second-order valence-electron chi connectivity index (χ2n) is 12.6. The number of ether oxygens (including phenoxy) is 1. The number of nitrogens with one attached hydrogen (secondary N) is 1. The number of nitrogens with zero attached hydrogens (tertiary/aromatic N) is 5. The van der Waals surface area contributed by atoms with E-state index in [1.165, 1.54) is 23.5 Å². The van der Waals surface area contributed by atoms with Crippen molar-refractivity contribution in [3.63, 3.8) is 0 Å². The van der Waals surface area contributed by atoms with Crippen molar-refractivity contribution in [2.24, 2.45) is 0 Å². The Morgan fingerprint density at radius 1 is 1.14 bits per heavy atom. The van der Waals surface area contributed by atoms with Crippen LogP contribution in [0.3, 0.4) is 0 Å². The molecule has 1 aromatic carbocycles. The lowest BCUT2D eigenvalue weighted by molar-refractivity contribution is 0.107. The predicted octanol–water partition coefficient (Wildman–Crippen LogP) is 4.79. The molecule has 0 spiro atoms. The van der Waals surface area contributed by atoms with Crippen LogP contribution in [0.5, 0.6) is 11.9 Å². The molecule has 4 aliphatic rings. The van der Waals surface area contributed by atoms with Gasteiger partial charge < -0.3 is 25.8 Å². The number of halogens is 2. The second kappa shape index (κ2) is 10.1. The van der Waals surface area contributed by atoms with Crippen LogP contribution in [0.25, 0.3) is 32.2 Å². The quantitative estimate of drug-likeness (QED) is 0.285. The summed E-state index contributed by atoms with van der Waals surface area (Å²) in [5, 5.41) is 16.4. The molecule has 4 aliphatic heterocycles. The summed E-state index contributed by atoms with van der Waals surface area (Å²) in [5.74, 6) is -0.0322. The number of piperazine rings is 1. The Morgan fingerprint density at radius 3 is 2.74 bits per heavy atom. The van der Waals surface area contributed by atoms with Gasteiger partial charge in [-0.2, -0.15) is 9.97 Å². The van der Waals surface area contributed by atoms with Crippen LogP contribution in [0.4, 0.5) is 19.6 Å². The number of hydrogen-bond acceptors (Lipinski definition) is 10. The lowest BCUT2D eigenvalue weighted by Crippen LogP contribution is -2.51. The Hall–Kier alpha value is -3.35. The van der Waals surface area contributed by atoms with E-state index in [0.717, 1.165) is 61.0 Å². The summed E-state index contributed by atoms with van der Waals surface area (Å²) in [6.07, 6.45) is 4.35. The van der Waals surface area contributed by atoms with Crippen molar-refractivity contribution in [2.45, 2.75) is 69.2 Å². The van der Waals surface area contributed by atoms with Crippen LogP contribution in [-0.4, -0.2) is 81.5 Å². The van der Waals surface area contributed by atoms with Gasteiger partial charge in [-0.05, 0) is 68.0 Å². The maximum atomic E-state index is 14.9. The molecule has 12 heteroatoms. The zero-order valence-corrected chi connectivity index (χ0v) is 24.9. The van der Waals surface area contributed by atoms with Crippen molar-refractivity contribution >= 4 is 43.3 Å². The van der Waals surface area contributed by atoms with Crippen LogP contribution in [0, 0.1) is 5.82 Å². The van der Waals surface area contributed by atoms with E-state index in [1.807, 2.05) is 6.92 Å². The van der Waals surface area contributed by atoms with Crippen LogP contribution in [-0.2, 0) is 6.42 Å². The number of benzene rings is 1. The van der Waals surface area contributed by atoms with E-state index < -0.39 is 12.0 Å². The summed E-state index contributed by atoms with van der Waals surface area (Å²) in [6, 6.07) is 5.56. The lowest BCUT2D eigenvalue weighted by Gasteiger charge is -2.34. The minimum atomic E-state index is -0.856. The number of nitrogen functional groups attached to an aromatic ring is 1. The first-order valence-corrected chi connectivity index (χ1v) is 16.1. The number of hydrogen-bond donors (Lipinski definition) is 3.